The molecule has 1 atom stereocenters. The van der Waals surface area contributed by atoms with Gasteiger partial charge in [-0.3, -0.25) is 4.79 Å². The maximum atomic E-state index is 11.9. The molecule has 21 heavy (non-hydrogen) atoms. The third-order valence-electron chi connectivity index (χ3n) is 3.44. The smallest absolute Gasteiger partial charge is 0.224 e. The molecule has 114 valence electrons. The number of hydrogen-bond acceptors (Lipinski definition) is 3. The zero-order chi connectivity index (χ0) is 15.4. The number of carbonyl (C=O) groups excluding carboxylic acids is 1. The van der Waals surface area contributed by atoms with Gasteiger partial charge >= 0.3 is 0 Å². The van der Waals surface area contributed by atoms with E-state index in [1.807, 2.05) is 39.0 Å². The van der Waals surface area contributed by atoms with E-state index in [9.17, 15) is 9.90 Å². The molecule has 0 aliphatic carbocycles. The Morgan fingerprint density at radius 3 is 2.86 bits per heavy atom. The number of hydrogen-bond donors (Lipinski definition) is 2. The second kappa shape index (κ2) is 6.76. The Bertz CT molecular complexity index is 616. The average Bonchev–Trinajstić information content (AvgIpc) is 2.78. The van der Waals surface area contributed by atoms with Crippen molar-refractivity contribution in [2.75, 3.05) is 6.54 Å². The van der Waals surface area contributed by atoms with Gasteiger partial charge in [0, 0.05) is 17.5 Å². The molecule has 2 aromatic rings. The molecule has 1 aromatic carbocycles. The van der Waals surface area contributed by atoms with Gasteiger partial charge < -0.3 is 14.8 Å². The Morgan fingerprint density at radius 1 is 1.38 bits per heavy atom. The average molecular weight is 289 g/mol. The molecule has 2 rings (SSSR count). The van der Waals surface area contributed by atoms with Crippen LogP contribution >= 0.6 is 0 Å². The Balaban J connectivity index is 1.92. The lowest BCUT2D eigenvalue weighted by Gasteiger charge is -2.13. The maximum Gasteiger partial charge on any atom is 0.224 e. The number of furan rings is 1. The summed E-state index contributed by atoms with van der Waals surface area (Å²) in [7, 11) is 0. The van der Waals surface area contributed by atoms with Crippen molar-refractivity contribution in [3.8, 4) is 0 Å². The van der Waals surface area contributed by atoms with Crippen LogP contribution in [0.25, 0.3) is 11.0 Å². The minimum absolute atomic E-state index is 0.0962. The van der Waals surface area contributed by atoms with Gasteiger partial charge in [-0.25, -0.2) is 0 Å². The molecule has 2 N–H and O–H groups in total. The van der Waals surface area contributed by atoms with Crippen LogP contribution in [0.15, 0.2) is 28.9 Å². The van der Waals surface area contributed by atoms with E-state index in [1.165, 1.54) is 0 Å². The number of benzene rings is 1. The summed E-state index contributed by atoms with van der Waals surface area (Å²) in [6.45, 7) is 6.39. The zero-order valence-corrected chi connectivity index (χ0v) is 12.8. The summed E-state index contributed by atoms with van der Waals surface area (Å²) in [5, 5.41) is 13.5. The summed E-state index contributed by atoms with van der Waals surface area (Å²) < 4.78 is 5.48. The summed E-state index contributed by atoms with van der Waals surface area (Å²) in [6, 6.07) is 5.94. The molecule has 1 heterocycles. The minimum atomic E-state index is -0.488. The summed E-state index contributed by atoms with van der Waals surface area (Å²) in [6.07, 6.45) is 2.10. The van der Waals surface area contributed by atoms with Crippen molar-refractivity contribution in [1.29, 1.82) is 0 Å². The predicted octanol–water partition coefficient (Wildman–Crippen LogP) is 2.81. The molecule has 4 nitrogen and oxygen atoms in total. The van der Waals surface area contributed by atoms with Crippen LogP contribution in [0.3, 0.4) is 0 Å². The van der Waals surface area contributed by atoms with E-state index in [2.05, 4.69) is 5.32 Å². The Labute approximate surface area is 125 Å². The van der Waals surface area contributed by atoms with Gasteiger partial charge in [0.05, 0.1) is 18.8 Å². The topological polar surface area (TPSA) is 62.5 Å². The van der Waals surface area contributed by atoms with Gasteiger partial charge in [0.15, 0.2) is 0 Å². The lowest BCUT2D eigenvalue weighted by molar-refractivity contribution is -0.120. The molecule has 0 aliphatic heterocycles. The Kier molecular flexibility index (Phi) is 5.02. The molecule has 0 saturated carbocycles. The van der Waals surface area contributed by atoms with E-state index < -0.39 is 6.10 Å². The molecular formula is C17H23NO3. The van der Waals surface area contributed by atoms with Gasteiger partial charge in [-0.2, -0.15) is 0 Å². The number of carbonyl (C=O) groups is 1. The van der Waals surface area contributed by atoms with E-state index in [0.717, 1.165) is 22.1 Å². The van der Waals surface area contributed by atoms with Crippen molar-refractivity contribution < 1.29 is 14.3 Å². The van der Waals surface area contributed by atoms with E-state index >= 15 is 0 Å². The first-order valence-electron chi connectivity index (χ1n) is 7.37. The molecular weight excluding hydrogens is 266 g/mol. The fourth-order valence-electron chi connectivity index (χ4n) is 2.42. The first kappa shape index (κ1) is 15.6. The molecule has 0 saturated heterocycles. The van der Waals surface area contributed by atoms with Gasteiger partial charge in [-0.1, -0.05) is 26.0 Å². The van der Waals surface area contributed by atoms with Crippen LogP contribution in [0.2, 0.25) is 0 Å². The van der Waals surface area contributed by atoms with Gasteiger partial charge in [-0.05, 0) is 30.9 Å². The van der Waals surface area contributed by atoms with Crippen molar-refractivity contribution in [3.05, 3.63) is 35.6 Å². The highest BCUT2D eigenvalue weighted by Crippen LogP contribution is 2.22. The monoisotopic (exact) mass is 289 g/mol. The largest absolute Gasteiger partial charge is 0.464 e. The van der Waals surface area contributed by atoms with Gasteiger partial charge in [0.25, 0.3) is 0 Å². The second-order valence-corrected chi connectivity index (χ2v) is 6.02. The van der Waals surface area contributed by atoms with Crippen LogP contribution in [0.4, 0.5) is 0 Å². The zero-order valence-electron chi connectivity index (χ0n) is 12.8. The number of amides is 1. The quantitative estimate of drug-likeness (QED) is 0.859. The highest BCUT2D eigenvalue weighted by molar-refractivity contribution is 5.87. The number of aliphatic hydroxyl groups excluding tert-OH is 1. The minimum Gasteiger partial charge on any atom is -0.464 e. The molecule has 1 unspecified atom stereocenters. The highest BCUT2D eigenvalue weighted by Gasteiger charge is 2.12. The summed E-state index contributed by atoms with van der Waals surface area (Å²) in [5.41, 5.74) is 2.81. The molecule has 0 aliphatic rings. The van der Waals surface area contributed by atoms with Crippen LogP contribution in [0.5, 0.6) is 0 Å². The van der Waals surface area contributed by atoms with Gasteiger partial charge in [0.1, 0.15) is 5.58 Å². The molecule has 1 aromatic heterocycles. The fourth-order valence-corrected chi connectivity index (χ4v) is 2.42. The third kappa shape index (κ3) is 4.33. The Hall–Kier alpha value is -1.81. The van der Waals surface area contributed by atoms with Crippen molar-refractivity contribution in [2.24, 2.45) is 5.92 Å². The number of nitrogens with one attached hydrogen (secondary N) is 1. The van der Waals surface area contributed by atoms with Crippen LogP contribution < -0.4 is 5.32 Å². The summed E-state index contributed by atoms with van der Waals surface area (Å²) >= 11 is 0. The highest BCUT2D eigenvalue weighted by atomic mass is 16.3. The molecule has 0 spiro atoms. The first-order valence-corrected chi connectivity index (χ1v) is 7.37. The standard InChI is InChI=1S/C17H23NO3/c1-11(2)6-14(19)9-18-17(20)8-13-10-21-16-7-12(3)4-5-15(13)16/h4-5,7,10-11,14,19H,6,8-9H2,1-3H3,(H,18,20). The van der Waals surface area contributed by atoms with Crippen molar-refractivity contribution in [1.82, 2.24) is 5.32 Å². The van der Waals surface area contributed by atoms with E-state index in [4.69, 9.17) is 4.42 Å². The normalized spacial score (nSPS) is 12.8. The summed E-state index contributed by atoms with van der Waals surface area (Å²) in [4.78, 5) is 11.9. The maximum absolute atomic E-state index is 11.9. The third-order valence-corrected chi connectivity index (χ3v) is 3.44. The van der Waals surface area contributed by atoms with Crippen LogP contribution in [-0.4, -0.2) is 23.7 Å². The van der Waals surface area contributed by atoms with Crippen molar-refractivity contribution >= 4 is 16.9 Å². The number of aliphatic hydroxyl groups is 1. The number of aryl methyl sites for hydroxylation is 1. The van der Waals surface area contributed by atoms with E-state index in [1.54, 1.807) is 6.26 Å². The molecule has 4 heteroatoms. The lowest BCUT2D eigenvalue weighted by atomic mass is 10.1. The molecule has 0 bridgehead atoms. The lowest BCUT2D eigenvalue weighted by Crippen LogP contribution is -2.33. The van der Waals surface area contributed by atoms with Crippen molar-refractivity contribution in [3.63, 3.8) is 0 Å². The SMILES string of the molecule is Cc1ccc2c(CC(=O)NCC(O)CC(C)C)coc2c1. The predicted molar refractivity (Wildman–Crippen MR) is 83.1 cm³/mol. The van der Waals surface area contributed by atoms with Crippen LogP contribution in [-0.2, 0) is 11.2 Å². The van der Waals surface area contributed by atoms with Gasteiger partial charge in [-0.15, -0.1) is 0 Å². The molecule has 0 radical (unpaired) electrons. The Morgan fingerprint density at radius 2 is 2.14 bits per heavy atom. The fraction of sp³-hybridized carbons (Fsp3) is 0.471. The summed E-state index contributed by atoms with van der Waals surface area (Å²) in [5.74, 6) is 0.319. The van der Waals surface area contributed by atoms with Crippen LogP contribution in [0.1, 0.15) is 31.4 Å². The van der Waals surface area contributed by atoms with E-state index in [-0.39, 0.29) is 12.3 Å². The number of fused-ring (bicyclic) bond motifs is 1. The first-order chi connectivity index (χ1) is 9.95. The second-order valence-electron chi connectivity index (χ2n) is 6.02. The van der Waals surface area contributed by atoms with Gasteiger partial charge in [0.2, 0.25) is 5.91 Å². The van der Waals surface area contributed by atoms with Crippen molar-refractivity contribution in [2.45, 2.75) is 39.7 Å². The molecule has 0 fully saturated rings. The molecule has 1 amide bonds. The number of rotatable bonds is 6. The van der Waals surface area contributed by atoms with Crippen LogP contribution in [0, 0.1) is 12.8 Å². The van der Waals surface area contributed by atoms with E-state index in [0.29, 0.717) is 18.9 Å².